The van der Waals surface area contributed by atoms with E-state index < -0.39 is 0 Å². The van der Waals surface area contributed by atoms with Gasteiger partial charge in [0.1, 0.15) is 17.3 Å². The van der Waals surface area contributed by atoms with Crippen molar-refractivity contribution in [1.82, 2.24) is 20.4 Å². The smallest absolute Gasteiger partial charge is 0.149 e. The van der Waals surface area contributed by atoms with E-state index in [1.54, 1.807) is 32.9 Å². The number of Topliss-reactive ketones (excluding diaryl/α,β-unsaturated/α-hetero) is 3. The molecule has 3 rings (SSSR count). The van der Waals surface area contributed by atoms with Gasteiger partial charge in [-0.25, -0.2) is 5.01 Å². The third-order valence-electron chi connectivity index (χ3n) is 5.31. The van der Waals surface area contributed by atoms with Crippen LogP contribution in [-0.4, -0.2) is 102 Å². The topological polar surface area (TPSA) is 102 Å². The fourth-order valence-corrected chi connectivity index (χ4v) is 3.65. The molecule has 4 unspecified atom stereocenters. The average Bonchev–Trinajstić information content (AvgIpc) is 3.28. The maximum Gasteiger partial charge on any atom is 0.149 e. The standard InChI is InChI=1S/C7H13NO2.C6H12N2O.C6H11NO2.CH4/c1-5(9)7-3-6(10)4-8(7)2;1-5(9)6-3-4-7-8(6)2;1-5(8)6-3-4-9-7(6)2;/h6-7,10H,3-4H2,1-2H3;6-7H,3-4H2,1-2H3;6H,3-4H2,1-2H3;1H4. The van der Waals surface area contributed by atoms with E-state index in [0.717, 1.165) is 19.4 Å². The highest BCUT2D eigenvalue weighted by Gasteiger charge is 2.30. The molecule has 0 bridgehead atoms. The number of hydrogen-bond acceptors (Lipinski definition) is 9. The lowest BCUT2D eigenvalue weighted by atomic mass is 10.1. The van der Waals surface area contributed by atoms with Crippen molar-refractivity contribution in [3.63, 3.8) is 0 Å². The summed E-state index contributed by atoms with van der Waals surface area (Å²) in [5.41, 5.74) is 3.06. The Morgan fingerprint density at radius 2 is 1.48 bits per heavy atom. The van der Waals surface area contributed by atoms with E-state index in [4.69, 9.17) is 9.94 Å². The van der Waals surface area contributed by atoms with Crippen molar-refractivity contribution in [3.05, 3.63) is 0 Å². The number of β-amino-alcohol motifs (C(OH)–C–C–N with tert-alkyl or cyclic N) is 1. The van der Waals surface area contributed by atoms with Gasteiger partial charge >= 0.3 is 0 Å². The summed E-state index contributed by atoms with van der Waals surface area (Å²) in [6, 6.07) is 0.0741. The third-order valence-corrected chi connectivity index (χ3v) is 5.31. The van der Waals surface area contributed by atoms with Gasteiger partial charge in [0.2, 0.25) is 0 Å². The number of nitrogens with one attached hydrogen (secondary N) is 1. The van der Waals surface area contributed by atoms with Crippen LogP contribution in [0.1, 0.15) is 47.5 Å². The normalized spacial score (nSPS) is 29.9. The minimum absolute atomic E-state index is 0. The number of carbonyl (C=O) groups excluding carboxylic acids is 3. The number of likely N-dealkylation sites (tertiary alicyclic amines) is 1. The molecule has 0 aromatic rings. The summed E-state index contributed by atoms with van der Waals surface area (Å²) in [6.07, 6.45) is 2.09. The van der Waals surface area contributed by atoms with Crippen LogP contribution in [0.2, 0.25) is 0 Å². The zero-order chi connectivity index (χ0) is 21.4. The van der Waals surface area contributed by atoms with E-state index in [9.17, 15) is 14.4 Å². The monoisotopic (exact) mass is 416 g/mol. The van der Waals surface area contributed by atoms with Gasteiger partial charge < -0.3 is 5.11 Å². The first-order valence-corrected chi connectivity index (χ1v) is 9.76. The van der Waals surface area contributed by atoms with Crippen LogP contribution in [0.25, 0.3) is 0 Å². The zero-order valence-electron chi connectivity index (χ0n) is 18.0. The molecule has 0 aliphatic carbocycles. The van der Waals surface area contributed by atoms with Crippen LogP contribution in [0, 0.1) is 0 Å². The van der Waals surface area contributed by atoms with Crippen LogP contribution >= 0.6 is 0 Å². The van der Waals surface area contributed by atoms with Gasteiger partial charge in [-0.2, -0.15) is 5.06 Å². The van der Waals surface area contributed by atoms with Crippen molar-refractivity contribution < 1.29 is 24.3 Å². The van der Waals surface area contributed by atoms with Crippen LogP contribution in [0.4, 0.5) is 0 Å². The molecule has 3 saturated heterocycles. The number of carbonyl (C=O) groups is 3. The number of ketones is 3. The molecule has 3 aliphatic rings. The van der Waals surface area contributed by atoms with Gasteiger partial charge in [-0.05, 0) is 47.1 Å². The number of aliphatic hydroxyl groups is 1. The molecule has 2 N–H and O–H groups in total. The molecular weight excluding hydrogens is 376 g/mol. The lowest BCUT2D eigenvalue weighted by molar-refractivity contribution is -0.139. The molecule has 0 aromatic heterocycles. The number of likely N-dealkylation sites (N-methyl/N-ethyl adjacent to an activating group) is 3. The summed E-state index contributed by atoms with van der Waals surface area (Å²) >= 11 is 0. The van der Waals surface area contributed by atoms with E-state index in [2.05, 4.69) is 5.43 Å². The molecule has 0 saturated carbocycles. The Morgan fingerprint density at radius 3 is 1.69 bits per heavy atom. The largest absolute Gasteiger partial charge is 0.392 e. The fourth-order valence-electron chi connectivity index (χ4n) is 3.65. The Labute approximate surface area is 175 Å². The van der Waals surface area contributed by atoms with Gasteiger partial charge in [0.05, 0.1) is 30.8 Å². The number of hydrogen-bond donors (Lipinski definition) is 2. The number of rotatable bonds is 3. The van der Waals surface area contributed by atoms with E-state index in [1.165, 1.54) is 0 Å². The summed E-state index contributed by atoms with van der Waals surface area (Å²) in [6.45, 7) is 7.04. The van der Waals surface area contributed by atoms with Gasteiger partial charge in [0, 0.05) is 27.2 Å². The summed E-state index contributed by atoms with van der Waals surface area (Å²) in [4.78, 5) is 39.3. The highest BCUT2D eigenvalue weighted by molar-refractivity contribution is 5.82. The predicted octanol–water partition coefficient (Wildman–Crippen LogP) is 0.272. The van der Waals surface area contributed by atoms with Gasteiger partial charge in [-0.3, -0.25) is 29.5 Å². The molecule has 9 nitrogen and oxygen atoms in total. The Balaban J connectivity index is 0.000000399. The summed E-state index contributed by atoms with van der Waals surface area (Å²) in [5.74, 6) is 0.594. The minimum Gasteiger partial charge on any atom is -0.392 e. The third kappa shape index (κ3) is 8.98. The van der Waals surface area contributed by atoms with Gasteiger partial charge in [0.25, 0.3) is 0 Å². The van der Waals surface area contributed by atoms with Crippen LogP contribution in [0.3, 0.4) is 0 Å². The first kappa shape index (κ1) is 27.8. The molecule has 0 radical (unpaired) electrons. The molecule has 0 spiro atoms. The SMILES string of the molecule is C.CC(=O)C1CC(O)CN1C.CC(=O)C1CCNN1C.CC(=O)C1CCON1C. The van der Waals surface area contributed by atoms with E-state index in [1.807, 2.05) is 24.0 Å². The summed E-state index contributed by atoms with van der Waals surface area (Å²) in [5, 5.41) is 12.6. The molecule has 4 atom stereocenters. The molecule has 170 valence electrons. The van der Waals surface area contributed by atoms with Gasteiger partial charge in [0.15, 0.2) is 0 Å². The van der Waals surface area contributed by atoms with Crippen molar-refractivity contribution in [2.24, 2.45) is 0 Å². The average molecular weight is 417 g/mol. The van der Waals surface area contributed by atoms with Crippen LogP contribution in [-0.2, 0) is 19.2 Å². The highest BCUT2D eigenvalue weighted by Crippen LogP contribution is 2.15. The van der Waals surface area contributed by atoms with Crippen LogP contribution in [0.15, 0.2) is 0 Å². The Morgan fingerprint density at radius 1 is 0.931 bits per heavy atom. The van der Waals surface area contributed by atoms with Crippen LogP contribution < -0.4 is 5.43 Å². The number of hydroxylamine groups is 2. The molecule has 0 aromatic carbocycles. The predicted molar refractivity (Wildman–Crippen MR) is 112 cm³/mol. The molecule has 3 fully saturated rings. The molecular formula is C20H40N4O5. The first-order valence-electron chi connectivity index (χ1n) is 9.76. The number of aliphatic hydroxyl groups excluding tert-OH is 1. The van der Waals surface area contributed by atoms with E-state index in [0.29, 0.717) is 19.6 Å². The lowest BCUT2D eigenvalue weighted by Gasteiger charge is -2.14. The number of nitrogens with zero attached hydrogens (tertiary/aromatic N) is 3. The van der Waals surface area contributed by atoms with Crippen molar-refractivity contribution in [2.45, 2.75) is 71.7 Å². The zero-order valence-corrected chi connectivity index (χ0v) is 18.0. The molecule has 29 heavy (non-hydrogen) atoms. The Bertz CT molecular complexity index is 515. The van der Waals surface area contributed by atoms with Crippen molar-refractivity contribution in [2.75, 3.05) is 40.8 Å². The molecule has 3 heterocycles. The molecule has 9 heteroatoms. The van der Waals surface area contributed by atoms with Crippen molar-refractivity contribution in [3.8, 4) is 0 Å². The second kappa shape index (κ2) is 13.1. The summed E-state index contributed by atoms with van der Waals surface area (Å²) < 4.78 is 0. The second-order valence-corrected chi connectivity index (χ2v) is 7.68. The maximum atomic E-state index is 10.8. The fraction of sp³-hybridized carbons (Fsp3) is 0.850. The van der Waals surface area contributed by atoms with Crippen molar-refractivity contribution in [1.29, 1.82) is 0 Å². The quantitative estimate of drug-likeness (QED) is 0.671. The van der Waals surface area contributed by atoms with E-state index in [-0.39, 0.29) is 49.0 Å². The molecule has 0 amide bonds. The maximum absolute atomic E-state index is 10.8. The van der Waals surface area contributed by atoms with Crippen molar-refractivity contribution >= 4 is 17.3 Å². The number of hydrazine groups is 1. The van der Waals surface area contributed by atoms with Crippen LogP contribution in [0.5, 0.6) is 0 Å². The van der Waals surface area contributed by atoms with Gasteiger partial charge in [-0.15, -0.1) is 0 Å². The summed E-state index contributed by atoms with van der Waals surface area (Å²) in [7, 11) is 5.56. The molecule has 3 aliphatic heterocycles. The highest BCUT2D eigenvalue weighted by atomic mass is 16.7. The Kier molecular flexibility index (Phi) is 12.6. The first-order chi connectivity index (χ1) is 13.0. The minimum atomic E-state index is -0.307. The second-order valence-electron chi connectivity index (χ2n) is 7.68. The lowest BCUT2D eigenvalue weighted by Crippen LogP contribution is -2.36. The van der Waals surface area contributed by atoms with Gasteiger partial charge in [-0.1, -0.05) is 7.43 Å². The van der Waals surface area contributed by atoms with E-state index >= 15 is 0 Å². The Hall–Kier alpha value is -1.23.